The highest BCUT2D eigenvalue weighted by molar-refractivity contribution is 14.0. The summed E-state index contributed by atoms with van der Waals surface area (Å²) >= 11 is 5.89. The van der Waals surface area contributed by atoms with Crippen LogP contribution in [0.3, 0.4) is 0 Å². The van der Waals surface area contributed by atoms with Crippen LogP contribution in [0.1, 0.15) is 18.1 Å². The molecule has 0 fully saturated rings. The molecule has 0 atom stereocenters. The molecular weight excluding hydrogens is 437 g/mol. The molecule has 0 saturated heterocycles. The van der Waals surface area contributed by atoms with Crippen molar-refractivity contribution in [3.8, 4) is 5.75 Å². The molecule has 6 heteroatoms. The van der Waals surface area contributed by atoms with E-state index in [0.717, 1.165) is 36.1 Å². The number of aliphatic imine (C=N–C) groups is 1. The number of hydrogen-bond donors (Lipinski definition) is 3. The molecule has 130 valence electrons. The molecule has 0 heterocycles. The average Bonchev–Trinajstić information content (AvgIpc) is 2.54. The van der Waals surface area contributed by atoms with E-state index in [0.29, 0.717) is 6.54 Å². The molecule has 2 aromatic carbocycles. The second-order valence-corrected chi connectivity index (χ2v) is 5.60. The highest BCUT2D eigenvalue weighted by Crippen LogP contribution is 2.11. The molecule has 0 unspecified atom stereocenters. The van der Waals surface area contributed by atoms with Crippen molar-refractivity contribution in [2.45, 2.75) is 19.9 Å². The standard InChI is InChI=1S/C18H22ClN3O.HI/c1-2-20-18(22-13-15-4-3-5-17(23)12-15)21-11-10-14-6-8-16(19)9-7-14;/h3-9,12,23H,2,10-11,13H2,1H3,(H2,20,21,22);1H. The van der Waals surface area contributed by atoms with Crippen LogP contribution >= 0.6 is 35.6 Å². The lowest BCUT2D eigenvalue weighted by atomic mass is 10.1. The van der Waals surface area contributed by atoms with Gasteiger partial charge < -0.3 is 15.7 Å². The van der Waals surface area contributed by atoms with Crippen LogP contribution in [-0.2, 0) is 13.0 Å². The van der Waals surface area contributed by atoms with Gasteiger partial charge >= 0.3 is 0 Å². The maximum absolute atomic E-state index is 9.48. The molecule has 2 rings (SSSR count). The molecule has 0 radical (unpaired) electrons. The van der Waals surface area contributed by atoms with Crippen LogP contribution in [0.15, 0.2) is 53.5 Å². The predicted octanol–water partition coefficient (Wildman–Crippen LogP) is 3.96. The van der Waals surface area contributed by atoms with Crippen molar-refractivity contribution in [3.05, 3.63) is 64.7 Å². The Kier molecular flexibility index (Phi) is 9.56. The summed E-state index contributed by atoms with van der Waals surface area (Å²) in [6, 6.07) is 15.0. The molecule has 0 saturated carbocycles. The van der Waals surface area contributed by atoms with Gasteiger partial charge in [-0.15, -0.1) is 24.0 Å². The molecule has 0 spiro atoms. The van der Waals surface area contributed by atoms with E-state index in [4.69, 9.17) is 11.6 Å². The van der Waals surface area contributed by atoms with E-state index in [-0.39, 0.29) is 29.7 Å². The quantitative estimate of drug-likeness (QED) is 0.348. The van der Waals surface area contributed by atoms with Gasteiger partial charge in [-0.2, -0.15) is 0 Å². The van der Waals surface area contributed by atoms with Crippen LogP contribution in [0.2, 0.25) is 5.02 Å². The Labute approximate surface area is 165 Å². The monoisotopic (exact) mass is 459 g/mol. The summed E-state index contributed by atoms with van der Waals surface area (Å²) in [7, 11) is 0. The Hall–Kier alpha value is -1.47. The largest absolute Gasteiger partial charge is 0.508 e. The van der Waals surface area contributed by atoms with Crippen molar-refractivity contribution >= 4 is 41.5 Å². The molecule has 0 amide bonds. The summed E-state index contributed by atoms with van der Waals surface area (Å²) in [5.41, 5.74) is 2.20. The SMILES string of the molecule is CCNC(=NCc1cccc(O)c1)NCCc1ccc(Cl)cc1.I. The average molecular weight is 460 g/mol. The van der Waals surface area contributed by atoms with Gasteiger partial charge in [-0.3, -0.25) is 0 Å². The Morgan fingerprint density at radius 1 is 1.08 bits per heavy atom. The fourth-order valence-corrected chi connectivity index (χ4v) is 2.27. The summed E-state index contributed by atoms with van der Waals surface area (Å²) in [5.74, 6) is 1.03. The van der Waals surface area contributed by atoms with E-state index < -0.39 is 0 Å². The van der Waals surface area contributed by atoms with Crippen molar-refractivity contribution in [1.82, 2.24) is 10.6 Å². The van der Waals surface area contributed by atoms with E-state index in [1.54, 1.807) is 12.1 Å². The number of nitrogens with one attached hydrogen (secondary N) is 2. The summed E-state index contributed by atoms with van der Waals surface area (Å²) in [6.07, 6.45) is 0.897. The molecule has 0 bridgehead atoms. The van der Waals surface area contributed by atoms with Crippen LogP contribution in [-0.4, -0.2) is 24.2 Å². The topological polar surface area (TPSA) is 56.7 Å². The van der Waals surface area contributed by atoms with Crippen LogP contribution in [0.4, 0.5) is 0 Å². The van der Waals surface area contributed by atoms with Crippen LogP contribution in [0, 0.1) is 0 Å². The third-order valence-corrected chi connectivity index (χ3v) is 3.55. The first-order valence-electron chi connectivity index (χ1n) is 7.72. The van der Waals surface area contributed by atoms with Crippen molar-refractivity contribution in [2.75, 3.05) is 13.1 Å². The molecule has 0 aliphatic heterocycles. The zero-order valence-corrected chi connectivity index (χ0v) is 16.7. The first kappa shape index (κ1) is 20.6. The number of phenolic OH excluding ortho intramolecular Hbond substituents is 1. The van der Waals surface area contributed by atoms with E-state index in [1.165, 1.54) is 5.56 Å². The number of hydrogen-bond acceptors (Lipinski definition) is 2. The third-order valence-electron chi connectivity index (χ3n) is 3.29. The van der Waals surface area contributed by atoms with Gasteiger partial charge in [0.15, 0.2) is 5.96 Å². The fourth-order valence-electron chi connectivity index (χ4n) is 2.14. The summed E-state index contributed by atoms with van der Waals surface area (Å²) in [5, 5.41) is 16.8. The third kappa shape index (κ3) is 7.40. The Morgan fingerprint density at radius 3 is 2.50 bits per heavy atom. The van der Waals surface area contributed by atoms with Gasteiger partial charge in [0.1, 0.15) is 5.75 Å². The fraction of sp³-hybridized carbons (Fsp3) is 0.278. The molecule has 3 N–H and O–H groups in total. The van der Waals surface area contributed by atoms with Crippen molar-refractivity contribution in [1.29, 1.82) is 0 Å². The van der Waals surface area contributed by atoms with Gasteiger partial charge in [-0.25, -0.2) is 4.99 Å². The van der Waals surface area contributed by atoms with Crippen molar-refractivity contribution in [2.24, 2.45) is 4.99 Å². The van der Waals surface area contributed by atoms with Crippen LogP contribution < -0.4 is 10.6 Å². The minimum atomic E-state index is 0. The molecule has 24 heavy (non-hydrogen) atoms. The molecule has 0 aliphatic rings. The number of halogens is 2. The van der Waals surface area contributed by atoms with Crippen molar-refractivity contribution < 1.29 is 5.11 Å². The lowest BCUT2D eigenvalue weighted by molar-refractivity contribution is 0.474. The smallest absolute Gasteiger partial charge is 0.191 e. The Morgan fingerprint density at radius 2 is 1.83 bits per heavy atom. The van der Waals surface area contributed by atoms with E-state index in [1.807, 2.05) is 43.3 Å². The number of rotatable bonds is 6. The predicted molar refractivity (Wildman–Crippen MR) is 111 cm³/mol. The summed E-state index contributed by atoms with van der Waals surface area (Å²) in [4.78, 5) is 4.53. The number of benzene rings is 2. The Bertz CT molecular complexity index is 647. The Balaban J connectivity index is 0.00000288. The molecule has 2 aromatic rings. The maximum Gasteiger partial charge on any atom is 0.191 e. The molecule has 4 nitrogen and oxygen atoms in total. The lowest BCUT2D eigenvalue weighted by Gasteiger charge is -2.11. The minimum absolute atomic E-state index is 0. The zero-order chi connectivity index (χ0) is 16.5. The first-order chi connectivity index (χ1) is 11.2. The summed E-state index contributed by atoms with van der Waals surface area (Å²) < 4.78 is 0. The van der Waals surface area contributed by atoms with Gasteiger partial charge in [0.25, 0.3) is 0 Å². The summed E-state index contributed by atoms with van der Waals surface area (Å²) in [6.45, 7) is 4.13. The maximum atomic E-state index is 9.48. The highest BCUT2D eigenvalue weighted by Gasteiger charge is 1.99. The van der Waals surface area contributed by atoms with E-state index >= 15 is 0 Å². The van der Waals surface area contributed by atoms with Gasteiger partial charge in [0.2, 0.25) is 0 Å². The minimum Gasteiger partial charge on any atom is -0.508 e. The lowest BCUT2D eigenvalue weighted by Crippen LogP contribution is -2.38. The number of guanidine groups is 1. The van der Waals surface area contributed by atoms with Crippen LogP contribution in [0.5, 0.6) is 5.75 Å². The highest BCUT2D eigenvalue weighted by atomic mass is 127. The second kappa shape index (κ2) is 11.1. The van der Waals surface area contributed by atoms with Gasteiger partial charge in [0, 0.05) is 18.1 Å². The van der Waals surface area contributed by atoms with E-state index in [2.05, 4.69) is 15.6 Å². The molecular formula is C18H23ClIN3O. The first-order valence-corrected chi connectivity index (χ1v) is 8.09. The number of nitrogens with zero attached hydrogens (tertiary/aromatic N) is 1. The normalized spacial score (nSPS) is 10.8. The van der Waals surface area contributed by atoms with E-state index in [9.17, 15) is 5.11 Å². The zero-order valence-electron chi connectivity index (χ0n) is 13.6. The van der Waals surface area contributed by atoms with Crippen LogP contribution in [0.25, 0.3) is 0 Å². The van der Waals surface area contributed by atoms with Gasteiger partial charge in [-0.1, -0.05) is 35.9 Å². The number of phenols is 1. The van der Waals surface area contributed by atoms with Gasteiger partial charge in [0.05, 0.1) is 6.54 Å². The molecule has 0 aliphatic carbocycles. The molecule has 0 aromatic heterocycles. The van der Waals surface area contributed by atoms with Gasteiger partial charge in [-0.05, 0) is 48.7 Å². The van der Waals surface area contributed by atoms with Crippen molar-refractivity contribution in [3.63, 3.8) is 0 Å². The second-order valence-electron chi connectivity index (χ2n) is 5.17. The number of aromatic hydroxyl groups is 1.